The molecule has 0 spiro atoms. The molecule has 2 N–H and O–H groups in total. The van der Waals surface area contributed by atoms with Gasteiger partial charge in [-0.2, -0.15) is 0 Å². The van der Waals surface area contributed by atoms with Gasteiger partial charge in [-0.3, -0.25) is 0 Å². The van der Waals surface area contributed by atoms with Gasteiger partial charge in [-0.25, -0.2) is 17.1 Å². The Morgan fingerprint density at radius 1 is 1.40 bits per heavy atom. The molecule has 0 unspecified atom stereocenters. The minimum absolute atomic E-state index is 0.0895. The highest BCUT2D eigenvalue weighted by Crippen LogP contribution is 2.28. The maximum Gasteiger partial charge on any atom is 0.244 e. The Labute approximate surface area is 124 Å². The van der Waals surface area contributed by atoms with Crippen molar-refractivity contribution in [1.82, 2.24) is 4.31 Å². The first-order valence-electron chi connectivity index (χ1n) is 6.13. The van der Waals surface area contributed by atoms with Crippen molar-refractivity contribution in [2.75, 3.05) is 20.1 Å². The van der Waals surface area contributed by atoms with E-state index in [-0.39, 0.29) is 27.4 Å². The normalized spacial score (nSPS) is 13.0. The largest absolute Gasteiger partial charge is 0.330 e. The average Bonchev–Trinajstić information content (AvgIpc) is 2.33. The van der Waals surface area contributed by atoms with Crippen LogP contribution in [-0.2, 0) is 10.0 Å². The van der Waals surface area contributed by atoms with Crippen molar-refractivity contribution in [1.29, 1.82) is 0 Å². The molecule has 114 valence electrons. The molecule has 0 aliphatic rings. The van der Waals surface area contributed by atoms with Gasteiger partial charge in [0.2, 0.25) is 10.0 Å². The van der Waals surface area contributed by atoms with Crippen LogP contribution < -0.4 is 5.73 Å². The fraction of sp³-hybridized carbons (Fsp3) is 0.538. The molecule has 0 bridgehead atoms. The summed E-state index contributed by atoms with van der Waals surface area (Å²) < 4.78 is 39.5. The average molecular weight is 323 g/mol. The first-order chi connectivity index (χ1) is 9.01. The summed E-state index contributed by atoms with van der Waals surface area (Å²) in [6.07, 6.45) is 0. The van der Waals surface area contributed by atoms with E-state index < -0.39 is 15.8 Å². The van der Waals surface area contributed by atoms with Crippen molar-refractivity contribution in [2.24, 2.45) is 11.1 Å². The minimum atomic E-state index is -3.77. The molecule has 0 aliphatic heterocycles. The number of rotatable bonds is 5. The van der Waals surface area contributed by atoms with Crippen LogP contribution in [0.15, 0.2) is 17.0 Å². The molecule has 1 aromatic carbocycles. The molecule has 20 heavy (non-hydrogen) atoms. The highest BCUT2D eigenvalue weighted by atomic mass is 35.5. The molecule has 0 amide bonds. The van der Waals surface area contributed by atoms with Crippen molar-refractivity contribution >= 4 is 21.6 Å². The Kier molecular flexibility index (Phi) is 5.18. The maximum absolute atomic E-state index is 13.4. The van der Waals surface area contributed by atoms with E-state index in [4.69, 9.17) is 17.3 Å². The van der Waals surface area contributed by atoms with E-state index in [1.165, 1.54) is 24.3 Å². The first-order valence-corrected chi connectivity index (χ1v) is 7.95. The first kappa shape index (κ1) is 17.4. The Balaban J connectivity index is 3.21. The molecule has 1 aromatic rings. The smallest absolute Gasteiger partial charge is 0.244 e. The van der Waals surface area contributed by atoms with Gasteiger partial charge in [-0.1, -0.05) is 25.4 Å². The van der Waals surface area contributed by atoms with Crippen LogP contribution >= 0.6 is 11.6 Å². The lowest BCUT2D eigenvalue weighted by Gasteiger charge is -2.28. The summed E-state index contributed by atoms with van der Waals surface area (Å²) in [4.78, 5) is -0.0895. The van der Waals surface area contributed by atoms with Crippen LogP contribution in [0, 0.1) is 18.2 Å². The van der Waals surface area contributed by atoms with Gasteiger partial charge in [0, 0.05) is 13.6 Å². The molecular formula is C13H20ClFN2O2S. The summed E-state index contributed by atoms with van der Waals surface area (Å²) in [5.41, 5.74) is 5.49. The zero-order valence-electron chi connectivity index (χ0n) is 12.1. The van der Waals surface area contributed by atoms with Gasteiger partial charge in [-0.15, -0.1) is 0 Å². The second kappa shape index (κ2) is 5.97. The number of hydrogen-bond acceptors (Lipinski definition) is 3. The van der Waals surface area contributed by atoms with Crippen molar-refractivity contribution in [3.63, 3.8) is 0 Å². The summed E-state index contributed by atoms with van der Waals surface area (Å²) in [5, 5.41) is -0.120. The summed E-state index contributed by atoms with van der Waals surface area (Å²) in [7, 11) is -2.31. The van der Waals surface area contributed by atoms with Gasteiger partial charge in [0.05, 0.1) is 5.02 Å². The third-order valence-corrected chi connectivity index (χ3v) is 5.37. The number of hydrogen-bond donors (Lipinski definition) is 1. The molecule has 1 rings (SSSR count). The summed E-state index contributed by atoms with van der Waals surface area (Å²) in [6, 6.07) is 2.27. The number of nitrogens with zero attached hydrogens (tertiary/aromatic N) is 1. The van der Waals surface area contributed by atoms with Crippen LogP contribution in [0.25, 0.3) is 0 Å². The van der Waals surface area contributed by atoms with Crippen molar-refractivity contribution in [3.8, 4) is 0 Å². The molecular weight excluding hydrogens is 303 g/mol. The molecule has 0 aromatic heterocycles. The van der Waals surface area contributed by atoms with Crippen LogP contribution in [0.1, 0.15) is 19.4 Å². The Morgan fingerprint density at radius 2 is 1.95 bits per heavy atom. The number of aryl methyl sites for hydroxylation is 1. The van der Waals surface area contributed by atoms with Gasteiger partial charge in [0.25, 0.3) is 0 Å². The Morgan fingerprint density at radius 3 is 2.45 bits per heavy atom. The molecule has 0 saturated heterocycles. The molecule has 0 heterocycles. The number of sulfonamides is 1. The Hall–Kier alpha value is -0.690. The second-order valence-electron chi connectivity index (χ2n) is 5.66. The summed E-state index contributed by atoms with van der Waals surface area (Å²) in [6.45, 7) is 5.84. The van der Waals surface area contributed by atoms with E-state index in [0.717, 1.165) is 6.07 Å². The van der Waals surface area contributed by atoms with Crippen LogP contribution in [0.5, 0.6) is 0 Å². The van der Waals surface area contributed by atoms with Gasteiger partial charge in [-0.05, 0) is 36.6 Å². The standard InChI is InChI=1S/C13H20ClFN2O2S/c1-9-5-12(10(14)6-11(9)15)20(18,19)17(4)8-13(2,3)7-16/h5-6H,7-8,16H2,1-4H3. The summed E-state index contributed by atoms with van der Waals surface area (Å²) in [5.74, 6) is -0.529. The lowest BCUT2D eigenvalue weighted by atomic mass is 9.94. The van der Waals surface area contributed by atoms with E-state index in [0.29, 0.717) is 6.54 Å². The monoisotopic (exact) mass is 322 g/mol. The van der Waals surface area contributed by atoms with Crippen molar-refractivity contribution in [2.45, 2.75) is 25.7 Å². The summed E-state index contributed by atoms with van der Waals surface area (Å²) >= 11 is 5.86. The predicted molar refractivity (Wildman–Crippen MR) is 78.8 cm³/mol. The lowest BCUT2D eigenvalue weighted by molar-refractivity contribution is 0.292. The molecule has 0 aliphatic carbocycles. The third-order valence-electron chi connectivity index (χ3n) is 3.10. The van der Waals surface area contributed by atoms with Crippen LogP contribution in [0.4, 0.5) is 4.39 Å². The number of nitrogens with two attached hydrogens (primary N) is 1. The van der Waals surface area contributed by atoms with Crippen LogP contribution in [-0.4, -0.2) is 32.9 Å². The van der Waals surface area contributed by atoms with E-state index in [9.17, 15) is 12.8 Å². The van der Waals surface area contributed by atoms with Crippen LogP contribution in [0.2, 0.25) is 5.02 Å². The SMILES string of the molecule is Cc1cc(S(=O)(=O)N(C)CC(C)(C)CN)c(Cl)cc1F. The van der Waals surface area contributed by atoms with E-state index >= 15 is 0 Å². The third kappa shape index (κ3) is 3.69. The lowest BCUT2D eigenvalue weighted by Crippen LogP contribution is -2.39. The van der Waals surface area contributed by atoms with Gasteiger partial charge >= 0.3 is 0 Å². The molecule has 0 atom stereocenters. The Bertz CT molecular complexity index is 603. The number of benzene rings is 1. The predicted octanol–water partition coefficient (Wildman–Crippen LogP) is 2.39. The fourth-order valence-electron chi connectivity index (χ4n) is 1.75. The highest BCUT2D eigenvalue weighted by Gasteiger charge is 2.29. The topological polar surface area (TPSA) is 63.4 Å². The second-order valence-corrected chi connectivity index (χ2v) is 8.08. The number of halogens is 2. The van der Waals surface area contributed by atoms with Gasteiger partial charge in [0.1, 0.15) is 10.7 Å². The van der Waals surface area contributed by atoms with Crippen LogP contribution in [0.3, 0.4) is 0 Å². The highest BCUT2D eigenvalue weighted by molar-refractivity contribution is 7.89. The maximum atomic E-state index is 13.4. The molecule has 0 radical (unpaired) electrons. The fourth-order valence-corrected chi connectivity index (χ4v) is 3.68. The van der Waals surface area contributed by atoms with Crippen molar-refractivity contribution in [3.05, 3.63) is 28.5 Å². The zero-order chi connectivity index (χ0) is 15.7. The minimum Gasteiger partial charge on any atom is -0.330 e. The quantitative estimate of drug-likeness (QED) is 0.905. The molecule has 7 heteroatoms. The molecule has 0 fully saturated rings. The van der Waals surface area contributed by atoms with Gasteiger partial charge in [0.15, 0.2) is 0 Å². The molecule has 0 saturated carbocycles. The van der Waals surface area contributed by atoms with Gasteiger partial charge < -0.3 is 5.73 Å². The van der Waals surface area contributed by atoms with E-state index in [1.807, 2.05) is 13.8 Å². The zero-order valence-corrected chi connectivity index (χ0v) is 13.6. The molecule has 4 nitrogen and oxygen atoms in total. The van der Waals surface area contributed by atoms with Crippen molar-refractivity contribution < 1.29 is 12.8 Å². The van der Waals surface area contributed by atoms with E-state index in [1.54, 1.807) is 0 Å². The van der Waals surface area contributed by atoms with E-state index in [2.05, 4.69) is 0 Å².